The molecule has 31 heavy (non-hydrogen) atoms. The van der Waals surface area contributed by atoms with Crippen molar-refractivity contribution in [1.29, 1.82) is 0 Å². The lowest BCUT2D eigenvalue weighted by atomic mass is 10.1. The lowest BCUT2D eigenvalue weighted by molar-refractivity contribution is -0.115. The molecule has 4 nitrogen and oxygen atoms in total. The van der Waals surface area contributed by atoms with E-state index in [9.17, 15) is 4.79 Å². The Morgan fingerprint density at radius 3 is 1.97 bits per heavy atom. The Balaban J connectivity index is 1.48. The van der Waals surface area contributed by atoms with Crippen LogP contribution in [0.25, 0.3) is 0 Å². The number of hydrogen-bond acceptors (Lipinski definition) is 4. The molecule has 0 aromatic heterocycles. The maximum atomic E-state index is 13.2. The summed E-state index contributed by atoms with van der Waals surface area (Å²) in [7, 11) is 0. The Hall–Kier alpha value is -3.70. The van der Waals surface area contributed by atoms with E-state index in [-0.39, 0.29) is 5.91 Å². The fourth-order valence-corrected chi connectivity index (χ4v) is 4.05. The van der Waals surface area contributed by atoms with Crippen molar-refractivity contribution in [3.05, 3.63) is 115 Å². The predicted molar refractivity (Wildman–Crippen MR) is 127 cm³/mol. The highest BCUT2D eigenvalue weighted by Crippen LogP contribution is 2.36. The lowest BCUT2D eigenvalue weighted by Gasteiger charge is -2.17. The molecule has 4 aromatic rings. The van der Waals surface area contributed by atoms with Crippen LogP contribution in [0.15, 0.2) is 114 Å². The van der Waals surface area contributed by atoms with Crippen LogP contribution < -0.4 is 15.8 Å². The van der Waals surface area contributed by atoms with Crippen molar-refractivity contribution in [2.24, 2.45) is 0 Å². The minimum atomic E-state index is -0.398. The molecule has 0 saturated carbocycles. The highest BCUT2D eigenvalue weighted by Gasteiger charge is 2.22. The molecule has 1 amide bonds. The van der Waals surface area contributed by atoms with E-state index in [2.05, 4.69) is 5.32 Å². The Morgan fingerprint density at radius 1 is 0.742 bits per heavy atom. The van der Waals surface area contributed by atoms with Crippen LogP contribution in [0, 0.1) is 0 Å². The lowest BCUT2D eigenvalue weighted by Crippen LogP contribution is -2.19. The van der Waals surface area contributed by atoms with Gasteiger partial charge in [-0.15, -0.1) is 11.8 Å². The van der Waals surface area contributed by atoms with Crippen molar-refractivity contribution in [2.75, 3.05) is 11.1 Å². The third-order valence-electron chi connectivity index (χ3n) is 4.58. The zero-order valence-corrected chi connectivity index (χ0v) is 17.6. The first kappa shape index (κ1) is 20.6. The maximum Gasteiger partial charge on any atom is 0.242 e. The highest BCUT2D eigenvalue weighted by molar-refractivity contribution is 8.00. The third kappa shape index (κ3) is 5.68. The van der Waals surface area contributed by atoms with Crippen molar-refractivity contribution >= 4 is 29.0 Å². The van der Waals surface area contributed by atoms with E-state index in [0.29, 0.717) is 17.1 Å². The summed E-state index contributed by atoms with van der Waals surface area (Å²) in [6.07, 6.45) is 0. The topological polar surface area (TPSA) is 64.4 Å². The van der Waals surface area contributed by atoms with Crippen LogP contribution in [0.2, 0.25) is 0 Å². The molecule has 0 saturated heterocycles. The molecule has 5 heteroatoms. The summed E-state index contributed by atoms with van der Waals surface area (Å²) in [5.41, 5.74) is 8.14. The van der Waals surface area contributed by atoms with Gasteiger partial charge in [0.25, 0.3) is 0 Å². The first-order chi connectivity index (χ1) is 15.2. The maximum absolute atomic E-state index is 13.2. The molecule has 1 atom stereocenters. The number of nitrogen functional groups attached to an aromatic ring is 1. The number of nitrogens with two attached hydrogens (primary N) is 1. The van der Waals surface area contributed by atoms with E-state index in [0.717, 1.165) is 16.2 Å². The standard InChI is InChI=1S/C26H22N2O2S/c27-20-11-17-24(18-12-20)31-25(19-7-3-1-4-8-19)26(29)28-21-13-15-23(16-14-21)30-22-9-5-2-6-10-22/h1-18,25H,27H2,(H,28,29). The molecule has 154 valence electrons. The van der Waals surface area contributed by atoms with Crippen molar-refractivity contribution in [3.8, 4) is 11.5 Å². The molecular formula is C26H22N2O2S. The van der Waals surface area contributed by atoms with Crippen LogP contribution in [-0.2, 0) is 4.79 Å². The number of ether oxygens (including phenoxy) is 1. The van der Waals surface area contributed by atoms with Gasteiger partial charge in [0.1, 0.15) is 16.7 Å². The summed E-state index contributed by atoms with van der Waals surface area (Å²) >= 11 is 1.49. The zero-order chi connectivity index (χ0) is 21.5. The summed E-state index contributed by atoms with van der Waals surface area (Å²) in [5, 5.41) is 2.63. The normalized spacial score (nSPS) is 11.5. The van der Waals surface area contributed by atoms with Gasteiger partial charge >= 0.3 is 0 Å². The molecule has 0 spiro atoms. The van der Waals surface area contributed by atoms with Gasteiger partial charge in [-0.25, -0.2) is 0 Å². The Kier molecular flexibility index (Phi) is 6.55. The van der Waals surface area contributed by atoms with Gasteiger partial charge in [-0.3, -0.25) is 4.79 Å². The first-order valence-electron chi connectivity index (χ1n) is 9.88. The smallest absolute Gasteiger partial charge is 0.242 e. The van der Waals surface area contributed by atoms with Gasteiger partial charge < -0.3 is 15.8 Å². The molecule has 4 rings (SSSR count). The molecule has 0 fully saturated rings. The largest absolute Gasteiger partial charge is 0.457 e. The predicted octanol–water partition coefficient (Wildman–Crippen LogP) is 6.53. The number of hydrogen-bond donors (Lipinski definition) is 2. The second-order valence-electron chi connectivity index (χ2n) is 6.91. The Bertz CT molecular complexity index is 1120. The Morgan fingerprint density at radius 2 is 1.32 bits per heavy atom. The van der Waals surface area contributed by atoms with Crippen molar-refractivity contribution in [2.45, 2.75) is 10.1 Å². The van der Waals surface area contributed by atoms with Gasteiger partial charge in [0.2, 0.25) is 5.91 Å². The third-order valence-corrected chi connectivity index (χ3v) is 5.84. The molecule has 0 bridgehead atoms. The van der Waals surface area contributed by atoms with Gasteiger partial charge in [0.05, 0.1) is 0 Å². The van der Waals surface area contributed by atoms with Crippen LogP contribution >= 0.6 is 11.8 Å². The molecule has 4 aromatic carbocycles. The second kappa shape index (κ2) is 9.87. The van der Waals surface area contributed by atoms with Crippen molar-refractivity contribution in [3.63, 3.8) is 0 Å². The average Bonchev–Trinajstić information content (AvgIpc) is 2.81. The number of amides is 1. The van der Waals surface area contributed by atoms with E-state index >= 15 is 0 Å². The zero-order valence-electron chi connectivity index (χ0n) is 16.8. The summed E-state index contributed by atoms with van der Waals surface area (Å²) < 4.78 is 5.82. The van der Waals surface area contributed by atoms with Crippen LogP contribution in [0.3, 0.4) is 0 Å². The molecule has 0 aliphatic rings. The van der Waals surface area contributed by atoms with Gasteiger partial charge in [0.15, 0.2) is 0 Å². The molecule has 0 heterocycles. The highest BCUT2D eigenvalue weighted by atomic mass is 32.2. The van der Waals surface area contributed by atoms with Gasteiger partial charge in [-0.1, -0.05) is 48.5 Å². The van der Waals surface area contributed by atoms with E-state index in [1.807, 2.05) is 109 Å². The number of para-hydroxylation sites is 1. The summed E-state index contributed by atoms with van der Waals surface area (Å²) in [5.74, 6) is 1.38. The molecule has 0 radical (unpaired) electrons. The number of nitrogens with one attached hydrogen (secondary N) is 1. The van der Waals surface area contributed by atoms with Gasteiger partial charge in [-0.2, -0.15) is 0 Å². The number of carbonyl (C=O) groups excluding carboxylic acids is 1. The molecule has 0 aliphatic carbocycles. The fourth-order valence-electron chi connectivity index (χ4n) is 3.02. The second-order valence-corrected chi connectivity index (χ2v) is 8.08. The average molecular weight is 427 g/mol. The minimum Gasteiger partial charge on any atom is -0.457 e. The van der Waals surface area contributed by atoms with E-state index in [1.54, 1.807) is 0 Å². The molecular weight excluding hydrogens is 404 g/mol. The number of carbonyl (C=O) groups is 1. The molecule has 1 unspecified atom stereocenters. The van der Waals surface area contributed by atoms with Crippen LogP contribution in [0.1, 0.15) is 10.8 Å². The summed E-state index contributed by atoms with van der Waals surface area (Å²) in [6, 6.07) is 34.2. The number of rotatable bonds is 7. The molecule has 0 aliphatic heterocycles. The van der Waals surface area contributed by atoms with Gasteiger partial charge in [0, 0.05) is 16.3 Å². The number of anilines is 2. The van der Waals surface area contributed by atoms with Crippen LogP contribution in [0.5, 0.6) is 11.5 Å². The SMILES string of the molecule is Nc1ccc(SC(C(=O)Nc2ccc(Oc3ccccc3)cc2)c2ccccc2)cc1. The Labute approximate surface area is 186 Å². The fraction of sp³-hybridized carbons (Fsp3) is 0.0385. The quantitative estimate of drug-likeness (QED) is 0.260. The minimum absolute atomic E-state index is 0.0928. The summed E-state index contributed by atoms with van der Waals surface area (Å²) in [4.78, 5) is 14.1. The summed E-state index contributed by atoms with van der Waals surface area (Å²) in [6.45, 7) is 0. The van der Waals surface area contributed by atoms with Crippen molar-refractivity contribution < 1.29 is 9.53 Å². The molecule has 3 N–H and O–H groups in total. The van der Waals surface area contributed by atoms with Gasteiger partial charge in [-0.05, 0) is 66.2 Å². The van der Waals surface area contributed by atoms with Crippen LogP contribution in [0.4, 0.5) is 11.4 Å². The first-order valence-corrected chi connectivity index (χ1v) is 10.8. The van der Waals surface area contributed by atoms with Crippen LogP contribution in [-0.4, -0.2) is 5.91 Å². The van der Waals surface area contributed by atoms with E-state index in [1.165, 1.54) is 11.8 Å². The monoisotopic (exact) mass is 426 g/mol. The van der Waals surface area contributed by atoms with E-state index in [4.69, 9.17) is 10.5 Å². The van der Waals surface area contributed by atoms with E-state index < -0.39 is 5.25 Å². The number of thioether (sulfide) groups is 1. The van der Waals surface area contributed by atoms with Crippen molar-refractivity contribution in [1.82, 2.24) is 0 Å². The number of benzene rings is 4.